The highest BCUT2D eigenvalue weighted by Gasteiger charge is 2.38. The predicted octanol–water partition coefficient (Wildman–Crippen LogP) is 0.734. The van der Waals surface area contributed by atoms with Crippen molar-refractivity contribution in [2.24, 2.45) is 11.7 Å². The fourth-order valence-corrected chi connectivity index (χ4v) is 5.46. The molecule has 0 spiro atoms. The van der Waals surface area contributed by atoms with Gasteiger partial charge < -0.3 is 16.0 Å². The molecule has 1 fully saturated rings. The van der Waals surface area contributed by atoms with Gasteiger partial charge in [0, 0.05) is 13.1 Å². The number of nitrogens with zero attached hydrogens (tertiary/aromatic N) is 1. The fraction of sp³-hybridized carbons (Fsp3) is 0.600. The van der Waals surface area contributed by atoms with E-state index in [4.69, 9.17) is 5.73 Å². The smallest absolute Gasteiger partial charge is 0.239 e. The van der Waals surface area contributed by atoms with Gasteiger partial charge in [-0.1, -0.05) is 50.1 Å². The van der Waals surface area contributed by atoms with Crippen molar-refractivity contribution < 1.29 is 18.0 Å². The quantitative estimate of drug-likeness (QED) is 0.560. The lowest BCUT2D eigenvalue weighted by Crippen LogP contribution is -2.54. The summed E-state index contributed by atoms with van der Waals surface area (Å²) in [6, 6.07) is 8.54. The van der Waals surface area contributed by atoms with Crippen molar-refractivity contribution in [3.63, 3.8) is 0 Å². The summed E-state index contributed by atoms with van der Waals surface area (Å²) in [7, 11) is -1.55. The van der Waals surface area contributed by atoms with Crippen LogP contribution >= 0.6 is 0 Å². The minimum absolute atomic E-state index is 0.231. The minimum Gasteiger partial charge on any atom is -0.368 e. The molecule has 1 aliphatic rings. The van der Waals surface area contributed by atoms with Crippen molar-refractivity contribution in [3.8, 4) is 0 Å². The molecule has 0 bridgehead atoms. The van der Waals surface area contributed by atoms with Crippen molar-refractivity contribution in [1.82, 2.24) is 10.2 Å². The molecule has 0 radical (unpaired) electrons. The molecule has 1 aromatic rings. The Kier molecular flexibility index (Phi) is 8.00. The van der Waals surface area contributed by atoms with E-state index in [1.807, 2.05) is 49.2 Å². The maximum absolute atomic E-state index is 12.9. The van der Waals surface area contributed by atoms with Crippen LogP contribution in [-0.4, -0.2) is 62.3 Å². The fourth-order valence-electron chi connectivity index (χ4n) is 3.39. The Hall–Kier alpha value is -1.93. The second-order valence-electron chi connectivity index (χ2n) is 7.67. The number of rotatable bonds is 11. The van der Waals surface area contributed by atoms with Crippen molar-refractivity contribution in [2.45, 2.75) is 43.9 Å². The molecule has 1 heterocycles. The first kappa shape index (κ1) is 22.4. The average Bonchev–Trinajstić information content (AvgIpc) is 2.62. The summed E-state index contributed by atoms with van der Waals surface area (Å²) >= 11 is 0. The molecule has 0 saturated carbocycles. The number of carbonyl (C=O) groups excluding carboxylic acids is 2. The molecule has 2 amide bonds. The lowest BCUT2D eigenvalue weighted by molar-refractivity contribution is -0.129. The Morgan fingerprint density at radius 3 is 2.43 bits per heavy atom. The van der Waals surface area contributed by atoms with Crippen molar-refractivity contribution >= 4 is 21.7 Å². The molecule has 1 unspecified atom stereocenters. The van der Waals surface area contributed by atoms with Gasteiger partial charge in [-0.15, -0.1) is 0 Å². The number of carbonyl (C=O) groups is 2. The lowest BCUT2D eigenvalue weighted by atomic mass is 9.99. The van der Waals surface area contributed by atoms with Gasteiger partial charge in [-0.25, -0.2) is 8.42 Å². The Bertz CT molecular complexity index is 761. The van der Waals surface area contributed by atoms with E-state index in [1.165, 1.54) is 0 Å². The Morgan fingerprint density at radius 2 is 1.89 bits per heavy atom. The number of likely N-dealkylation sites (tertiary alicyclic amines) is 1. The normalized spacial score (nSPS) is 17.5. The zero-order valence-corrected chi connectivity index (χ0v) is 17.5. The monoisotopic (exact) mass is 409 g/mol. The van der Waals surface area contributed by atoms with Crippen LogP contribution in [0.5, 0.6) is 0 Å². The molecule has 1 saturated heterocycles. The van der Waals surface area contributed by atoms with E-state index in [1.54, 1.807) is 0 Å². The van der Waals surface area contributed by atoms with E-state index >= 15 is 0 Å². The Labute approximate surface area is 167 Å². The molecular weight excluding hydrogens is 378 g/mol. The molecule has 3 N–H and O–H groups in total. The van der Waals surface area contributed by atoms with Gasteiger partial charge in [0.05, 0.1) is 16.9 Å². The summed E-state index contributed by atoms with van der Waals surface area (Å²) in [5.74, 6) is -2.02. The molecule has 1 aromatic carbocycles. The van der Waals surface area contributed by atoms with Gasteiger partial charge in [-0.3, -0.25) is 9.59 Å². The van der Waals surface area contributed by atoms with E-state index in [0.717, 1.165) is 18.4 Å². The number of primary amides is 1. The largest absolute Gasteiger partial charge is 0.368 e. The summed E-state index contributed by atoms with van der Waals surface area (Å²) in [6.45, 7) is 2.96. The topological polar surface area (TPSA) is 110 Å². The summed E-state index contributed by atoms with van der Waals surface area (Å²) in [6.07, 6.45) is 2.38. The van der Waals surface area contributed by atoms with Crippen LogP contribution in [0, 0.1) is 5.92 Å². The molecule has 7 nitrogen and oxygen atoms in total. The molecule has 28 heavy (non-hydrogen) atoms. The first-order chi connectivity index (χ1) is 13.2. The Morgan fingerprint density at radius 1 is 1.25 bits per heavy atom. The van der Waals surface area contributed by atoms with Gasteiger partial charge in [-0.2, -0.15) is 0 Å². The SMILES string of the molecule is CCCC[C@H](NC(=O)C(Cc1ccccc1)CS(=O)(=O)C1CN(C)C1)C(N)=O. The van der Waals surface area contributed by atoms with Crippen LogP contribution in [-0.2, 0) is 25.8 Å². The van der Waals surface area contributed by atoms with Gasteiger partial charge in [0.2, 0.25) is 11.8 Å². The summed E-state index contributed by atoms with van der Waals surface area (Å²) in [5.41, 5.74) is 6.30. The van der Waals surface area contributed by atoms with Gasteiger partial charge >= 0.3 is 0 Å². The van der Waals surface area contributed by atoms with Crippen LogP contribution in [0.3, 0.4) is 0 Å². The highest BCUT2D eigenvalue weighted by Crippen LogP contribution is 2.20. The molecule has 0 aliphatic carbocycles. The number of hydrogen-bond donors (Lipinski definition) is 2. The third-order valence-corrected chi connectivity index (χ3v) is 7.35. The summed E-state index contributed by atoms with van der Waals surface area (Å²) in [4.78, 5) is 26.5. The molecule has 1 aliphatic heterocycles. The minimum atomic E-state index is -3.41. The van der Waals surface area contributed by atoms with E-state index in [0.29, 0.717) is 25.9 Å². The number of sulfone groups is 1. The summed E-state index contributed by atoms with van der Waals surface area (Å²) < 4.78 is 25.5. The van der Waals surface area contributed by atoms with E-state index in [2.05, 4.69) is 5.32 Å². The zero-order valence-electron chi connectivity index (χ0n) is 16.6. The van der Waals surface area contributed by atoms with Crippen LogP contribution in [0.4, 0.5) is 0 Å². The summed E-state index contributed by atoms with van der Waals surface area (Å²) in [5, 5.41) is 2.25. The van der Waals surface area contributed by atoms with Gasteiger partial charge in [0.15, 0.2) is 9.84 Å². The zero-order chi connectivity index (χ0) is 20.7. The number of benzene rings is 1. The predicted molar refractivity (Wildman–Crippen MR) is 109 cm³/mol. The number of unbranched alkanes of at least 4 members (excludes halogenated alkanes) is 1. The van der Waals surface area contributed by atoms with E-state index < -0.39 is 38.9 Å². The van der Waals surface area contributed by atoms with Gasteiger partial charge in [-0.05, 0) is 25.5 Å². The second-order valence-corrected chi connectivity index (χ2v) is 9.99. The number of hydrogen-bond acceptors (Lipinski definition) is 5. The maximum atomic E-state index is 12.9. The van der Waals surface area contributed by atoms with E-state index in [9.17, 15) is 18.0 Å². The maximum Gasteiger partial charge on any atom is 0.239 e. The first-order valence-electron chi connectivity index (χ1n) is 9.76. The van der Waals surface area contributed by atoms with Gasteiger partial charge in [0.1, 0.15) is 6.04 Å². The third-order valence-electron chi connectivity index (χ3n) is 5.17. The van der Waals surface area contributed by atoms with Crippen molar-refractivity contribution in [1.29, 1.82) is 0 Å². The van der Waals surface area contributed by atoms with Crippen LogP contribution in [0.15, 0.2) is 30.3 Å². The number of amides is 2. The van der Waals surface area contributed by atoms with Crippen LogP contribution < -0.4 is 11.1 Å². The van der Waals surface area contributed by atoms with Crippen LogP contribution in [0.25, 0.3) is 0 Å². The second kappa shape index (κ2) is 10.0. The van der Waals surface area contributed by atoms with Crippen LogP contribution in [0.1, 0.15) is 31.7 Å². The lowest BCUT2D eigenvalue weighted by Gasteiger charge is -2.36. The average molecular weight is 410 g/mol. The highest BCUT2D eigenvalue weighted by molar-refractivity contribution is 7.92. The molecule has 8 heteroatoms. The third kappa shape index (κ3) is 6.31. The molecule has 2 rings (SSSR count). The van der Waals surface area contributed by atoms with Crippen molar-refractivity contribution in [3.05, 3.63) is 35.9 Å². The molecule has 156 valence electrons. The van der Waals surface area contributed by atoms with Crippen molar-refractivity contribution in [2.75, 3.05) is 25.9 Å². The highest BCUT2D eigenvalue weighted by atomic mass is 32.2. The van der Waals surface area contributed by atoms with E-state index in [-0.39, 0.29) is 5.75 Å². The molecule has 2 atom stereocenters. The van der Waals surface area contributed by atoms with Crippen LogP contribution in [0.2, 0.25) is 0 Å². The Balaban J connectivity index is 2.14. The first-order valence-corrected chi connectivity index (χ1v) is 11.5. The molecular formula is C20H31N3O4S. The number of nitrogens with one attached hydrogen (secondary N) is 1. The van der Waals surface area contributed by atoms with Gasteiger partial charge in [0.25, 0.3) is 0 Å². The number of nitrogens with two attached hydrogens (primary N) is 1. The molecule has 0 aromatic heterocycles. The standard InChI is InChI=1S/C20H31N3O4S/c1-3-4-10-18(19(21)24)22-20(25)16(11-15-8-6-5-7-9-15)14-28(26,27)17-12-23(2)13-17/h5-9,16-18H,3-4,10-14H2,1-2H3,(H2,21,24)(H,22,25)/t16?,18-/m0/s1.